The molecular formula is C22H24O2Si. The van der Waals surface area contributed by atoms with Crippen LogP contribution in [0.3, 0.4) is 0 Å². The van der Waals surface area contributed by atoms with Gasteiger partial charge in [-0.05, 0) is 29.8 Å². The molecule has 0 atom stereocenters. The minimum atomic E-state index is -2.52. The molecule has 0 bridgehead atoms. The van der Waals surface area contributed by atoms with E-state index in [2.05, 4.69) is 31.2 Å². The third-order valence-electron chi connectivity index (χ3n) is 4.04. The van der Waals surface area contributed by atoms with Crippen LogP contribution in [0.4, 0.5) is 0 Å². The zero-order chi connectivity index (χ0) is 17.4. The summed E-state index contributed by atoms with van der Waals surface area (Å²) < 4.78 is 13.1. The highest BCUT2D eigenvalue weighted by Gasteiger charge is 2.41. The van der Waals surface area contributed by atoms with E-state index in [1.807, 2.05) is 66.7 Å². The minimum absolute atomic E-state index is 0.825. The zero-order valence-electron chi connectivity index (χ0n) is 14.6. The molecule has 0 saturated heterocycles. The van der Waals surface area contributed by atoms with E-state index in [-0.39, 0.29) is 0 Å². The lowest BCUT2D eigenvalue weighted by molar-refractivity contribution is 0.375. The van der Waals surface area contributed by atoms with Crippen molar-refractivity contribution >= 4 is 8.56 Å². The molecule has 0 aliphatic heterocycles. The maximum absolute atomic E-state index is 6.57. The van der Waals surface area contributed by atoms with Crippen molar-refractivity contribution in [2.24, 2.45) is 0 Å². The Hall–Kier alpha value is -2.52. The molecule has 0 aromatic heterocycles. The van der Waals surface area contributed by atoms with Crippen molar-refractivity contribution in [1.82, 2.24) is 0 Å². The van der Waals surface area contributed by atoms with Gasteiger partial charge in [-0.15, -0.1) is 0 Å². The predicted octanol–water partition coefficient (Wildman–Crippen LogP) is 5.78. The molecule has 0 aliphatic carbocycles. The summed E-state index contributed by atoms with van der Waals surface area (Å²) in [5.74, 6) is 1.77. The second-order valence-electron chi connectivity index (χ2n) is 6.15. The van der Waals surface area contributed by atoms with Crippen LogP contribution in [0.5, 0.6) is 11.5 Å². The van der Waals surface area contributed by atoms with Crippen LogP contribution < -0.4 is 8.85 Å². The van der Waals surface area contributed by atoms with Gasteiger partial charge in [0, 0.05) is 12.1 Å². The fraction of sp³-hybridized carbons (Fsp3) is 0.182. The summed E-state index contributed by atoms with van der Waals surface area (Å²) >= 11 is 0. The van der Waals surface area contributed by atoms with Crippen molar-refractivity contribution < 1.29 is 8.85 Å². The molecule has 25 heavy (non-hydrogen) atoms. The number of hydrogen-bond acceptors (Lipinski definition) is 2. The van der Waals surface area contributed by atoms with Crippen LogP contribution in [0, 0.1) is 0 Å². The Morgan fingerprint density at radius 1 is 0.640 bits per heavy atom. The topological polar surface area (TPSA) is 18.5 Å². The van der Waals surface area contributed by atoms with Crippen LogP contribution in [0.25, 0.3) is 0 Å². The Morgan fingerprint density at radius 3 is 1.52 bits per heavy atom. The smallest absolute Gasteiger partial charge is 0.465 e. The monoisotopic (exact) mass is 348 g/mol. The summed E-state index contributed by atoms with van der Waals surface area (Å²) in [7, 11) is -2.52. The van der Waals surface area contributed by atoms with E-state index in [4.69, 9.17) is 8.85 Å². The summed E-state index contributed by atoms with van der Waals surface area (Å²) in [4.78, 5) is 0. The first-order chi connectivity index (χ1) is 12.3. The van der Waals surface area contributed by atoms with Gasteiger partial charge in [-0.2, -0.15) is 0 Å². The van der Waals surface area contributed by atoms with Gasteiger partial charge < -0.3 is 8.85 Å². The Kier molecular flexibility index (Phi) is 5.91. The lowest BCUT2D eigenvalue weighted by Gasteiger charge is -2.31. The van der Waals surface area contributed by atoms with Crippen molar-refractivity contribution in [3.8, 4) is 11.5 Å². The van der Waals surface area contributed by atoms with Crippen molar-refractivity contribution in [3.63, 3.8) is 0 Å². The molecule has 0 heterocycles. The normalized spacial score (nSPS) is 11.1. The van der Waals surface area contributed by atoms with Gasteiger partial charge in [0.2, 0.25) is 0 Å². The Labute approximate surface area is 151 Å². The van der Waals surface area contributed by atoms with Crippen LogP contribution in [0.2, 0.25) is 6.04 Å². The van der Waals surface area contributed by atoms with E-state index in [0.29, 0.717) is 0 Å². The molecular weight excluding hydrogens is 324 g/mol. The maximum atomic E-state index is 6.57. The molecule has 0 saturated carbocycles. The molecule has 3 rings (SSSR count). The third-order valence-corrected chi connectivity index (χ3v) is 7.47. The Morgan fingerprint density at radius 2 is 1.08 bits per heavy atom. The second kappa shape index (κ2) is 8.54. The molecule has 0 unspecified atom stereocenters. The van der Waals surface area contributed by atoms with E-state index in [1.165, 1.54) is 5.56 Å². The first kappa shape index (κ1) is 17.3. The van der Waals surface area contributed by atoms with E-state index in [0.717, 1.165) is 30.0 Å². The predicted molar refractivity (Wildman–Crippen MR) is 105 cm³/mol. The fourth-order valence-corrected chi connectivity index (χ4v) is 6.30. The lowest BCUT2D eigenvalue weighted by Crippen LogP contribution is -2.51. The lowest BCUT2D eigenvalue weighted by atomic mass is 10.2. The van der Waals surface area contributed by atoms with Gasteiger partial charge in [0.05, 0.1) is 0 Å². The average molecular weight is 349 g/mol. The van der Waals surface area contributed by atoms with Crippen LogP contribution in [0.15, 0.2) is 91.0 Å². The third kappa shape index (κ3) is 4.97. The van der Waals surface area contributed by atoms with Crippen molar-refractivity contribution in [2.75, 3.05) is 0 Å². The number of hydrogen-bond donors (Lipinski definition) is 0. The van der Waals surface area contributed by atoms with Gasteiger partial charge in [0.25, 0.3) is 0 Å². The Bertz CT molecular complexity index is 643. The van der Waals surface area contributed by atoms with Crippen LogP contribution in [0.1, 0.15) is 18.9 Å². The zero-order valence-corrected chi connectivity index (χ0v) is 15.6. The summed E-state index contributed by atoms with van der Waals surface area (Å²) in [6.07, 6.45) is 1.03. The molecule has 128 valence electrons. The summed E-state index contributed by atoms with van der Waals surface area (Å²) in [6.45, 7) is 2.19. The number of rotatable bonds is 8. The van der Waals surface area contributed by atoms with Crippen LogP contribution in [-0.4, -0.2) is 8.56 Å². The maximum Gasteiger partial charge on any atom is 0.465 e. The number of para-hydroxylation sites is 2. The van der Waals surface area contributed by atoms with Gasteiger partial charge >= 0.3 is 8.56 Å². The quantitative estimate of drug-likeness (QED) is 0.481. The first-order valence-electron chi connectivity index (χ1n) is 8.82. The average Bonchev–Trinajstić information content (AvgIpc) is 2.64. The van der Waals surface area contributed by atoms with E-state index >= 15 is 0 Å². The van der Waals surface area contributed by atoms with Crippen molar-refractivity contribution in [1.29, 1.82) is 0 Å². The highest BCUT2D eigenvalue weighted by molar-refractivity contribution is 6.68. The molecule has 3 aromatic rings. The Balaban J connectivity index is 1.94. The van der Waals surface area contributed by atoms with Gasteiger partial charge in [0.1, 0.15) is 11.5 Å². The van der Waals surface area contributed by atoms with E-state index in [1.54, 1.807) is 0 Å². The van der Waals surface area contributed by atoms with Gasteiger partial charge in [-0.1, -0.05) is 80.1 Å². The molecule has 0 aliphatic rings. The molecule has 3 aromatic carbocycles. The van der Waals surface area contributed by atoms with Crippen LogP contribution in [-0.2, 0) is 6.04 Å². The molecule has 0 N–H and O–H groups in total. The van der Waals surface area contributed by atoms with Gasteiger partial charge in [-0.3, -0.25) is 0 Å². The standard InChI is InChI=1S/C22H24O2Si/c1-2-18-25(19-20-12-6-3-7-13-20,23-21-14-8-4-9-15-21)24-22-16-10-5-11-17-22/h3-17H,2,18-19H2,1H3. The second-order valence-corrected chi connectivity index (χ2v) is 9.24. The fourth-order valence-electron chi connectivity index (χ4n) is 2.98. The molecule has 3 heteroatoms. The minimum Gasteiger partial charge on any atom is -0.512 e. The summed E-state index contributed by atoms with van der Waals surface area (Å²) in [5.41, 5.74) is 1.26. The molecule has 2 nitrogen and oxygen atoms in total. The first-order valence-corrected chi connectivity index (χ1v) is 11.0. The van der Waals surface area contributed by atoms with Crippen LogP contribution >= 0.6 is 0 Å². The van der Waals surface area contributed by atoms with Gasteiger partial charge in [-0.25, -0.2) is 0 Å². The number of benzene rings is 3. The highest BCUT2D eigenvalue weighted by atomic mass is 28.4. The molecule has 0 spiro atoms. The van der Waals surface area contributed by atoms with E-state index in [9.17, 15) is 0 Å². The molecule has 0 amide bonds. The largest absolute Gasteiger partial charge is 0.512 e. The summed E-state index contributed by atoms with van der Waals surface area (Å²) in [5, 5.41) is 0. The van der Waals surface area contributed by atoms with Crippen molar-refractivity contribution in [3.05, 3.63) is 96.6 Å². The van der Waals surface area contributed by atoms with E-state index < -0.39 is 8.56 Å². The van der Waals surface area contributed by atoms with Crippen molar-refractivity contribution in [2.45, 2.75) is 25.4 Å². The molecule has 0 radical (unpaired) electrons. The summed E-state index contributed by atoms with van der Waals surface area (Å²) in [6, 6.07) is 32.3. The van der Waals surface area contributed by atoms with Gasteiger partial charge in [0.15, 0.2) is 0 Å². The molecule has 0 fully saturated rings. The highest BCUT2D eigenvalue weighted by Crippen LogP contribution is 2.27. The SMILES string of the molecule is CCC[Si](Cc1ccccc1)(Oc1ccccc1)Oc1ccccc1.